The molecule has 0 spiro atoms. The summed E-state index contributed by atoms with van der Waals surface area (Å²) in [6, 6.07) is 92.0. The number of nitrogens with zero attached hydrogens (tertiary/aromatic N) is 6. The zero-order valence-electron chi connectivity index (χ0n) is 42.2. The number of nitriles is 2. The van der Waals surface area contributed by atoms with Gasteiger partial charge in [0.2, 0.25) is 0 Å². The van der Waals surface area contributed by atoms with Crippen molar-refractivity contribution in [1.82, 2.24) is 18.3 Å². The average molecular weight is 1020 g/mol. The SMILES string of the molecule is N#Cc1c(-n2c3ccccc3c3ccccc32)c(C#N)c(-n2c3ccccc3c3ccccc32)c(-n2c3ccc(-c4cccc5ccccc45)cc3c3ccc4c5ccccc5sc4c32)c1-n1c2ccccc2c2ccccc21. The summed E-state index contributed by atoms with van der Waals surface area (Å²) in [4.78, 5) is 0. The quantitative estimate of drug-likeness (QED) is 0.172. The van der Waals surface area contributed by atoms with Gasteiger partial charge in [-0.15, -0.1) is 11.3 Å². The van der Waals surface area contributed by atoms with Crippen molar-refractivity contribution in [3.63, 3.8) is 0 Å². The zero-order chi connectivity index (χ0) is 52.0. The molecule has 0 saturated carbocycles. The number of benzene rings is 12. The molecule has 0 bridgehead atoms. The summed E-state index contributed by atoms with van der Waals surface area (Å²) < 4.78 is 11.6. The van der Waals surface area contributed by atoms with Crippen LogP contribution in [0.15, 0.2) is 243 Å². The van der Waals surface area contributed by atoms with Crippen LogP contribution in [0.25, 0.3) is 152 Å². The highest BCUT2D eigenvalue weighted by Gasteiger charge is 2.35. The molecular weight excluding hydrogens is 981 g/mol. The summed E-state index contributed by atoms with van der Waals surface area (Å²) in [5.41, 5.74) is 13.1. The lowest BCUT2D eigenvalue weighted by atomic mass is 9.97. The molecule has 5 heterocycles. The second-order valence-corrected chi connectivity index (χ2v) is 21.6. The summed E-state index contributed by atoms with van der Waals surface area (Å²) in [5.74, 6) is 0. The number of thiophene rings is 1. The standard InChI is InChI=1S/C72H40N6S/c73-41-57-67(75-59-29-10-3-21-47(59)48-22-4-11-30-60(48)75)58(42-74)69(77-63-33-14-7-25-51(63)52-26-8-15-34-64(52)77)71(68(57)76-61-31-12-5-23-49(61)50-24-6-13-32-62(50)76)78-65-39-36-44(46-28-17-19-43-18-1-2-20-45(43)46)40-56(65)54-37-38-55-53-27-9-16-35-66(53)79-72(55)70(54)78/h1-40H. The Balaban J connectivity index is 1.18. The fourth-order valence-corrected chi connectivity index (χ4v) is 14.7. The molecule has 17 rings (SSSR count). The molecule has 0 fully saturated rings. The highest BCUT2D eigenvalue weighted by Crippen LogP contribution is 2.51. The second-order valence-electron chi connectivity index (χ2n) is 20.5. The third-order valence-corrected chi connectivity index (χ3v) is 17.8. The smallest absolute Gasteiger partial charge is 0.104 e. The van der Waals surface area contributed by atoms with E-state index in [-0.39, 0.29) is 0 Å². The molecule has 0 amide bonds. The number of aromatic nitrogens is 4. The Labute approximate surface area is 455 Å². The molecule has 0 aliphatic carbocycles. The third-order valence-electron chi connectivity index (χ3n) is 16.6. The van der Waals surface area contributed by atoms with Crippen molar-refractivity contribution in [1.29, 1.82) is 10.5 Å². The van der Waals surface area contributed by atoms with Crippen LogP contribution in [-0.4, -0.2) is 18.3 Å². The van der Waals surface area contributed by atoms with Gasteiger partial charge in [-0.05, 0) is 76.5 Å². The number of hydrogen-bond acceptors (Lipinski definition) is 3. The van der Waals surface area contributed by atoms with Crippen molar-refractivity contribution in [2.24, 2.45) is 0 Å². The minimum absolute atomic E-state index is 0.375. The molecule has 12 aromatic carbocycles. The van der Waals surface area contributed by atoms with Gasteiger partial charge in [0, 0.05) is 58.6 Å². The molecule has 0 radical (unpaired) electrons. The molecule has 0 aliphatic rings. The summed E-state index contributed by atoms with van der Waals surface area (Å²) in [5, 5.41) is 38.4. The summed E-state index contributed by atoms with van der Waals surface area (Å²) in [7, 11) is 0. The maximum Gasteiger partial charge on any atom is 0.104 e. The lowest BCUT2D eigenvalue weighted by molar-refractivity contribution is 1.02. The topological polar surface area (TPSA) is 67.3 Å². The Morgan fingerprint density at radius 1 is 0.291 bits per heavy atom. The van der Waals surface area contributed by atoms with E-state index < -0.39 is 0 Å². The van der Waals surface area contributed by atoms with Crippen LogP contribution >= 0.6 is 11.3 Å². The lowest BCUT2D eigenvalue weighted by Crippen LogP contribution is -2.17. The van der Waals surface area contributed by atoms with Crippen molar-refractivity contribution in [3.8, 4) is 46.0 Å². The van der Waals surface area contributed by atoms with E-state index in [2.05, 4.69) is 261 Å². The van der Waals surface area contributed by atoms with Gasteiger partial charge in [0.25, 0.3) is 0 Å². The van der Waals surface area contributed by atoms with Crippen LogP contribution in [0.2, 0.25) is 0 Å². The average Bonchev–Trinajstić information content (AvgIpc) is 3.58. The minimum atomic E-state index is 0.375. The maximum atomic E-state index is 12.6. The highest BCUT2D eigenvalue weighted by atomic mass is 32.1. The van der Waals surface area contributed by atoms with Crippen LogP contribution in [0.3, 0.4) is 0 Å². The normalized spacial score (nSPS) is 12.0. The Kier molecular flexibility index (Phi) is 9.04. The number of para-hydroxylation sites is 6. The van der Waals surface area contributed by atoms with Gasteiger partial charge >= 0.3 is 0 Å². The first-order valence-electron chi connectivity index (χ1n) is 26.6. The molecule has 0 saturated heterocycles. The van der Waals surface area contributed by atoms with E-state index in [0.29, 0.717) is 28.2 Å². The van der Waals surface area contributed by atoms with E-state index in [9.17, 15) is 10.5 Å². The van der Waals surface area contributed by atoms with E-state index >= 15 is 0 Å². The zero-order valence-corrected chi connectivity index (χ0v) is 43.0. The number of fused-ring (bicyclic) bond motifs is 17. The first kappa shape index (κ1) is 43.5. The maximum absolute atomic E-state index is 12.6. The molecule has 0 aliphatic heterocycles. The monoisotopic (exact) mass is 1020 g/mol. The van der Waals surface area contributed by atoms with Crippen molar-refractivity contribution >= 4 is 130 Å². The second kappa shape index (κ2) is 16.4. The Morgan fingerprint density at radius 3 is 1.20 bits per heavy atom. The van der Waals surface area contributed by atoms with Gasteiger partial charge in [0.05, 0.1) is 71.6 Å². The van der Waals surface area contributed by atoms with Gasteiger partial charge in [-0.3, -0.25) is 0 Å². The van der Waals surface area contributed by atoms with E-state index in [1.807, 2.05) is 12.1 Å². The molecule has 7 heteroatoms. The lowest BCUT2D eigenvalue weighted by Gasteiger charge is -2.27. The predicted molar refractivity (Wildman–Crippen MR) is 329 cm³/mol. The minimum Gasteiger partial charge on any atom is -0.306 e. The first-order chi connectivity index (χ1) is 39.2. The van der Waals surface area contributed by atoms with Gasteiger partial charge in [0.1, 0.15) is 23.3 Å². The Hall–Kier alpha value is -10.7. The van der Waals surface area contributed by atoms with Gasteiger partial charge < -0.3 is 18.3 Å². The molecule has 5 aromatic heterocycles. The Bertz CT molecular complexity index is 5290. The van der Waals surface area contributed by atoms with Crippen LogP contribution in [0.4, 0.5) is 0 Å². The Morgan fingerprint density at radius 2 is 0.696 bits per heavy atom. The summed E-state index contributed by atoms with van der Waals surface area (Å²) in [6.07, 6.45) is 0. The van der Waals surface area contributed by atoms with Crippen molar-refractivity contribution in [3.05, 3.63) is 254 Å². The van der Waals surface area contributed by atoms with Crippen molar-refractivity contribution in [2.45, 2.75) is 0 Å². The number of rotatable bonds is 5. The highest BCUT2D eigenvalue weighted by molar-refractivity contribution is 7.26. The van der Waals surface area contributed by atoms with E-state index in [4.69, 9.17) is 0 Å². The fraction of sp³-hybridized carbons (Fsp3) is 0. The van der Waals surface area contributed by atoms with Crippen LogP contribution in [-0.2, 0) is 0 Å². The fourth-order valence-electron chi connectivity index (χ4n) is 13.4. The van der Waals surface area contributed by atoms with Crippen molar-refractivity contribution in [2.75, 3.05) is 0 Å². The molecule has 6 nitrogen and oxygen atoms in total. The molecular formula is C72H40N6S. The number of hydrogen-bond donors (Lipinski definition) is 0. The molecule has 79 heavy (non-hydrogen) atoms. The van der Waals surface area contributed by atoms with Crippen LogP contribution in [0, 0.1) is 22.7 Å². The van der Waals surface area contributed by atoms with E-state index in [0.717, 1.165) is 114 Å². The van der Waals surface area contributed by atoms with Gasteiger partial charge in [0.15, 0.2) is 0 Å². The summed E-state index contributed by atoms with van der Waals surface area (Å²) in [6.45, 7) is 0. The molecule has 0 atom stereocenters. The van der Waals surface area contributed by atoms with Crippen LogP contribution in [0.1, 0.15) is 11.1 Å². The molecule has 364 valence electrons. The largest absolute Gasteiger partial charge is 0.306 e. The molecule has 0 N–H and O–H groups in total. The summed E-state index contributed by atoms with van der Waals surface area (Å²) >= 11 is 1.79. The van der Waals surface area contributed by atoms with Crippen molar-refractivity contribution < 1.29 is 0 Å². The molecule has 0 unspecified atom stereocenters. The van der Waals surface area contributed by atoms with Crippen LogP contribution in [0.5, 0.6) is 0 Å². The third kappa shape index (κ3) is 5.86. The van der Waals surface area contributed by atoms with Crippen LogP contribution < -0.4 is 0 Å². The van der Waals surface area contributed by atoms with E-state index in [1.54, 1.807) is 11.3 Å². The molecule has 17 aromatic rings. The predicted octanol–water partition coefficient (Wildman–Crippen LogP) is 19.0. The van der Waals surface area contributed by atoms with Gasteiger partial charge in [-0.1, -0.05) is 188 Å². The first-order valence-corrected chi connectivity index (χ1v) is 27.4. The van der Waals surface area contributed by atoms with Gasteiger partial charge in [-0.25, -0.2) is 0 Å². The van der Waals surface area contributed by atoms with E-state index in [1.165, 1.54) is 20.9 Å². The van der Waals surface area contributed by atoms with Gasteiger partial charge in [-0.2, -0.15) is 10.5 Å².